The third kappa shape index (κ3) is 16.7. The highest BCUT2D eigenvalue weighted by atomic mass is 16.3. The fourth-order valence-corrected chi connectivity index (χ4v) is 6.13. The molecule has 2 bridgehead atoms. The van der Waals surface area contributed by atoms with E-state index in [1.54, 1.807) is 17.1 Å². The highest BCUT2D eigenvalue weighted by Crippen LogP contribution is 2.18. The van der Waals surface area contributed by atoms with Gasteiger partial charge >= 0.3 is 0 Å². The smallest absolute Gasteiger partial charge is 0.247 e. The fraction of sp³-hybridized carbons (Fsp3) is 0.538. The van der Waals surface area contributed by atoms with Crippen molar-refractivity contribution in [1.82, 2.24) is 36.8 Å². The van der Waals surface area contributed by atoms with E-state index in [1.165, 1.54) is 12.3 Å². The van der Waals surface area contributed by atoms with Crippen molar-refractivity contribution in [2.45, 2.75) is 108 Å². The van der Waals surface area contributed by atoms with Crippen LogP contribution >= 0.6 is 0 Å². The molecular formula is C39H57N7O7. The number of allylic oxidation sites excluding steroid dienone is 3. The van der Waals surface area contributed by atoms with Crippen molar-refractivity contribution in [2.24, 2.45) is 0 Å². The number of aliphatic hydroxyl groups excluding tert-OH is 1. The molecule has 1 aromatic carbocycles. The number of hydrogen-bond donors (Lipinski definition) is 7. The van der Waals surface area contributed by atoms with E-state index in [0.29, 0.717) is 0 Å². The number of hydrogen-bond acceptors (Lipinski definition) is 9. The van der Waals surface area contributed by atoms with Gasteiger partial charge in [0.15, 0.2) is 0 Å². The molecule has 2 heterocycles. The van der Waals surface area contributed by atoms with E-state index in [-0.39, 0.29) is 50.9 Å². The summed E-state index contributed by atoms with van der Waals surface area (Å²) in [5.74, 6) is -2.81. The van der Waals surface area contributed by atoms with Gasteiger partial charge in [-0.25, -0.2) is 0 Å². The zero-order valence-electron chi connectivity index (χ0n) is 31.2. The Labute approximate surface area is 312 Å². The van der Waals surface area contributed by atoms with Gasteiger partial charge in [-0.3, -0.25) is 39.0 Å². The second-order valence-corrected chi connectivity index (χ2v) is 14.2. The Morgan fingerprint density at radius 3 is 2.42 bits per heavy atom. The summed E-state index contributed by atoms with van der Waals surface area (Å²) in [5.41, 5.74) is 0.00527. The van der Waals surface area contributed by atoms with Crippen LogP contribution in [-0.2, 0) is 35.2 Å². The summed E-state index contributed by atoms with van der Waals surface area (Å²) >= 11 is 0. The van der Waals surface area contributed by atoms with E-state index in [2.05, 4.69) is 31.9 Å². The lowest BCUT2D eigenvalue weighted by Crippen LogP contribution is -2.63. The predicted octanol–water partition coefficient (Wildman–Crippen LogP) is 1.27. The Hall–Kier alpha value is -4.66. The summed E-state index contributed by atoms with van der Waals surface area (Å²) in [5, 5.41) is 26.0. The first-order valence-corrected chi connectivity index (χ1v) is 18.5. The van der Waals surface area contributed by atoms with E-state index < -0.39 is 53.3 Å². The van der Waals surface area contributed by atoms with Crippen molar-refractivity contribution in [3.63, 3.8) is 0 Å². The van der Waals surface area contributed by atoms with Gasteiger partial charge < -0.3 is 31.7 Å². The average Bonchev–Trinajstić information content (AvgIpc) is 3.20. The van der Waals surface area contributed by atoms with E-state index in [4.69, 9.17) is 0 Å². The van der Waals surface area contributed by atoms with Crippen molar-refractivity contribution in [3.05, 3.63) is 72.5 Å². The molecule has 14 heteroatoms. The predicted molar refractivity (Wildman–Crippen MR) is 202 cm³/mol. The number of rotatable bonds is 16. The molecule has 1 aromatic rings. The molecule has 2 saturated heterocycles. The third-order valence-electron chi connectivity index (χ3n) is 9.04. The minimum absolute atomic E-state index is 0.0250. The van der Waals surface area contributed by atoms with Gasteiger partial charge in [0.05, 0.1) is 24.9 Å². The summed E-state index contributed by atoms with van der Waals surface area (Å²) in [6, 6.07) is 6.39. The van der Waals surface area contributed by atoms with E-state index >= 15 is 0 Å². The maximum atomic E-state index is 13.6. The van der Waals surface area contributed by atoms with E-state index in [0.717, 1.165) is 56.6 Å². The Morgan fingerprint density at radius 1 is 0.925 bits per heavy atom. The van der Waals surface area contributed by atoms with Crippen molar-refractivity contribution < 1.29 is 33.9 Å². The second kappa shape index (κ2) is 22.4. The number of ketones is 1. The number of amides is 5. The topological polar surface area (TPSA) is 198 Å². The van der Waals surface area contributed by atoms with Crippen LogP contribution in [0, 0.1) is 0 Å². The van der Waals surface area contributed by atoms with Crippen LogP contribution in [0.5, 0.6) is 0 Å². The quantitative estimate of drug-likeness (QED) is 0.0743. The molecule has 0 radical (unpaired) electrons. The molecular weight excluding hydrogens is 678 g/mol. The van der Waals surface area contributed by atoms with Crippen molar-refractivity contribution >= 4 is 35.3 Å². The van der Waals surface area contributed by atoms with Crippen LogP contribution in [0.2, 0.25) is 0 Å². The van der Waals surface area contributed by atoms with Gasteiger partial charge in [0, 0.05) is 50.3 Å². The first-order chi connectivity index (χ1) is 25.3. The minimum atomic E-state index is -1.22. The Kier molecular flexibility index (Phi) is 18.1. The SMILES string of the molecule is CC(O)CCCCCCC/C=C/C=C/C(=O)N/C=C/C(=O)NCC1NC(=O)C(Cc2ccccc2)NC(=O)CN2CC(=O)CC(CNC1=O)NC2(C)C. The van der Waals surface area contributed by atoms with E-state index in [9.17, 15) is 33.9 Å². The molecule has 0 aromatic heterocycles. The minimum Gasteiger partial charge on any atom is -0.393 e. The number of benzene rings is 1. The first kappa shape index (κ1) is 42.8. The molecule has 0 saturated carbocycles. The number of Topliss-reactive ketones (excluding diaryl/α,β-unsaturated/α-hetero) is 1. The summed E-state index contributed by atoms with van der Waals surface area (Å²) in [4.78, 5) is 79.8. The largest absolute Gasteiger partial charge is 0.393 e. The van der Waals surface area contributed by atoms with Crippen LogP contribution in [0.4, 0.5) is 0 Å². The number of carbonyl (C=O) groups is 6. The zero-order chi connectivity index (χ0) is 38.6. The van der Waals surface area contributed by atoms with Gasteiger partial charge in [-0.15, -0.1) is 0 Å². The summed E-state index contributed by atoms with van der Waals surface area (Å²) < 4.78 is 0. The molecule has 290 valence electrons. The molecule has 5 atom stereocenters. The monoisotopic (exact) mass is 735 g/mol. The molecule has 0 aliphatic carbocycles. The molecule has 7 N–H and O–H groups in total. The van der Waals surface area contributed by atoms with Crippen LogP contribution in [-0.4, -0.2) is 101 Å². The molecule has 2 aliphatic heterocycles. The maximum Gasteiger partial charge on any atom is 0.247 e. The molecule has 5 amide bonds. The van der Waals surface area contributed by atoms with Crippen molar-refractivity contribution in [1.29, 1.82) is 0 Å². The van der Waals surface area contributed by atoms with Crippen LogP contribution < -0.4 is 31.9 Å². The average molecular weight is 736 g/mol. The number of aliphatic hydroxyl groups is 1. The lowest BCUT2D eigenvalue weighted by atomic mass is 10.0. The Bertz CT molecular complexity index is 1480. The molecule has 0 spiro atoms. The zero-order valence-corrected chi connectivity index (χ0v) is 31.2. The molecule has 2 fully saturated rings. The number of unbranched alkanes of at least 4 members (excludes halogenated alkanes) is 5. The normalized spacial score (nSPS) is 23.2. The van der Waals surface area contributed by atoms with Crippen LogP contribution in [0.3, 0.4) is 0 Å². The molecule has 2 aliphatic rings. The number of nitrogens with zero attached hydrogens (tertiary/aromatic N) is 1. The first-order valence-electron chi connectivity index (χ1n) is 18.5. The van der Waals surface area contributed by atoms with Crippen LogP contribution in [0.25, 0.3) is 0 Å². The second-order valence-electron chi connectivity index (χ2n) is 14.2. The molecule has 14 nitrogen and oxygen atoms in total. The summed E-state index contributed by atoms with van der Waals surface area (Å²) in [6.45, 7) is 5.18. The van der Waals surface area contributed by atoms with Gasteiger partial charge in [0.2, 0.25) is 29.5 Å². The number of fused-ring (bicyclic) bond motifs is 3. The standard InChI is InChI=1S/C39H57N7O7/c1-28(47)16-12-9-7-5-4-6-8-10-15-19-34(49)40-21-20-35(50)41-25-33-37(52)42-24-30-23-31(48)26-46(39(2,3)45-30)27-36(51)43-32(38(53)44-33)22-29-17-13-11-14-18-29/h8,10-11,13-15,17-21,28,30,32-33,45,47H,4-7,9,12,16,22-27H2,1-3H3,(H,40,49)(H,41,50)(H,42,52)(H,43,51)(H,44,53)/b10-8+,19-15+,21-20+. The Balaban J connectivity index is 1.58. The van der Waals surface area contributed by atoms with Gasteiger partial charge in [-0.2, -0.15) is 0 Å². The van der Waals surface area contributed by atoms with Crippen molar-refractivity contribution in [3.8, 4) is 0 Å². The van der Waals surface area contributed by atoms with Gasteiger partial charge in [-0.05, 0) is 45.6 Å². The number of nitrogens with one attached hydrogen (secondary N) is 6. The summed E-state index contributed by atoms with van der Waals surface area (Å²) in [7, 11) is 0. The van der Waals surface area contributed by atoms with Gasteiger partial charge in [0.25, 0.3) is 0 Å². The lowest BCUT2D eigenvalue weighted by molar-refractivity contribution is -0.133. The van der Waals surface area contributed by atoms with Crippen molar-refractivity contribution in [2.75, 3.05) is 26.2 Å². The van der Waals surface area contributed by atoms with Crippen LogP contribution in [0.1, 0.15) is 77.7 Å². The maximum absolute atomic E-state index is 13.6. The summed E-state index contributed by atoms with van der Waals surface area (Å²) in [6.07, 6.45) is 16.2. The molecule has 53 heavy (non-hydrogen) atoms. The van der Waals surface area contributed by atoms with Gasteiger partial charge in [0.1, 0.15) is 17.9 Å². The molecule has 5 unspecified atom stereocenters. The highest BCUT2D eigenvalue weighted by molar-refractivity contribution is 5.94. The Morgan fingerprint density at radius 2 is 1.66 bits per heavy atom. The third-order valence-corrected chi connectivity index (χ3v) is 9.04. The van der Waals surface area contributed by atoms with E-state index in [1.807, 2.05) is 57.2 Å². The lowest BCUT2D eigenvalue weighted by Gasteiger charge is -2.39. The number of carbonyl (C=O) groups excluding carboxylic acids is 6. The fourth-order valence-electron chi connectivity index (χ4n) is 6.13. The highest BCUT2D eigenvalue weighted by Gasteiger charge is 2.37. The van der Waals surface area contributed by atoms with Crippen LogP contribution in [0.15, 0.2) is 66.9 Å². The van der Waals surface area contributed by atoms with Gasteiger partial charge in [-0.1, -0.05) is 74.2 Å². The molecule has 3 rings (SSSR count).